The molecule has 2 saturated heterocycles. The molecule has 0 bridgehead atoms. The standard InChI is InChI=1S/C20H30N2O3/c1-2-16-5-7-19(8-6-16)25-15-18(23)14-21-12-9-17(10-13-21)22-11-3-4-20(22)24/h5-8,17-18,23H,2-4,9-15H2,1H3. The number of aliphatic hydroxyl groups is 1. The summed E-state index contributed by atoms with van der Waals surface area (Å²) in [5.41, 5.74) is 1.28. The molecule has 1 amide bonds. The van der Waals surface area contributed by atoms with Gasteiger partial charge in [0.1, 0.15) is 18.5 Å². The number of benzene rings is 1. The molecule has 2 aliphatic rings. The zero-order valence-corrected chi connectivity index (χ0v) is 15.2. The summed E-state index contributed by atoms with van der Waals surface area (Å²) in [5.74, 6) is 1.13. The maximum absolute atomic E-state index is 11.8. The van der Waals surface area contributed by atoms with Gasteiger partial charge in [0, 0.05) is 38.6 Å². The van der Waals surface area contributed by atoms with E-state index in [4.69, 9.17) is 4.74 Å². The van der Waals surface area contributed by atoms with Gasteiger partial charge in [-0.25, -0.2) is 0 Å². The highest BCUT2D eigenvalue weighted by Crippen LogP contribution is 2.22. The Hall–Kier alpha value is -1.59. The van der Waals surface area contributed by atoms with Crippen LogP contribution in [0.2, 0.25) is 0 Å². The Kier molecular flexibility index (Phi) is 6.32. The number of amides is 1. The van der Waals surface area contributed by atoms with E-state index in [1.54, 1.807) is 0 Å². The molecule has 0 aromatic heterocycles. The molecule has 1 unspecified atom stereocenters. The Labute approximate surface area is 150 Å². The van der Waals surface area contributed by atoms with Crippen LogP contribution in [0, 0.1) is 0 Å². The lowest BCUT2D eigenvalue weighted by Crippen LogP contribution is -2.47. The van der Waals surface area contributed by atoms with E-state index in [1.165, 1.54) is 5.56 Å². The second-order valence-electron chi connectivity index (χ2n) is 7.18. The minimum atomic E-state index is -0.490. The van der Waals surface area contributed by atoms with Crippen molar-refractivity contribution in [3.05, 3.63) is 29.8 Å². The van der Waals surface area contributed by atoms with Crippen molar-refractivity contribution in [1.82, 2.24) is 9.80 Å². The summed E-state index contributed by atoms with van der Waals surface area (Å²) in [6.45, 7) is 5.89. The van der Waals surface area contributed by atoms with Gasteiger partial charge in [-0.1, -0.05) is 19.1 Å². The molecule has 0 aliphatic carbocycles. The lowest BCUT2D eigenvalue weighted by Gasteiger charge is -2.37. The Morgan fingerprint density at radius 2 is 1.92 bits per heavy atom. The van der Waals surface area contributed by atoms with E-state index in [1.807, 2.05) is 12.1 Å². The number of hydrogen-bond donors (Lipinski definition) is 1. The van der Waals surface area contributed by atoms with Crippen LogP contribution in [0.1, 0.15) is 38.2 Å². The molecule has 2 fully saturated rings. The number of rotatable bonds is 7. The van der Waals surface area contributed by atoms with Crippen molar-refractivity contribution < 1.29 is 14.6 Å². The molecule has 0 radical (unpaired) electrons. The van der Waals surface area contributed by atoms with Gasteiger partial charge in [0.05, 0.1) is 0 Å². The van der Waals surface area contributed by atoms with Crippen LogP contribution in [-0.2, 0) is 11.2 Å². The fourth-order valence-electron chi connectivity index (χ4n) is 3.83. The molecule has 5 heteroatoms. The monoisotopic (exact) mass is 346 g/mol. The van der Waals surface area contributed by atoms with Crippen molar-refractivity contribution in [3.8, 4) is 5.75 Å². The fraction of sp³-hybridized carbons (Fsp3) is 0.650. The third kappa shape index (κ3) is 4.95. The average molecular weight is 346 g/mol. The second kappa shape index (κ2) is 8.68. The predicted octanol–water partition coefficient (Wildman–Crippen LogP) is 2.08. The largest absolute Gasteiger partial charge is 0.491 e. The SMILES string of the molecule is CCc1ccc(OCC(O)CN2CCC(N3CCCC3=O)CC2)cc1. The molecule has 2 aliphatic heterocycles. The Balaban J connectivity index is 1.37. The summed E-state index contributed by atoms with van der Waals surface area (Å²) in [4.78, 5) is 16.2. The Bertz CT molecular complexity index is 553. The van der Waals surface area contributed by atoms with Crippen LogP contribution in [0.5, 0.6) is 5.75 Å². The molecule has 1 N–H and O–H groups in total. The number of carbonyl (C=O) groups is 1. The van der Waals surface area contributed by atoms with Crippen LogP contribution in [0.25, 0.3) is 0 Å². The normalized spacial score (nSPS) is 20.9. The van der Waals surface area contributed by atoms with E-state index in [2.05, 4.69) is 28.9 Å². The molecule has 0 saturated carbocycles. The van der Waals surface area contributed by atoms with Gasteiger partial charge in [-0.15, -0.1) is 0 Å². The number of carbonyl (C=O) groups excluding carboxylic acids is 1. The third-order valence-electron chi connectivity index (χ3n) is 5.35. The number of β-amino-alcohol motifs (C(OH)–C–C–N with tert-alkyl or cyclic N) is 1. The number of aliphatic hydroxyl groups excluding tert-OH is 1. The van der Waals surface area contributed by atoms with Gasteiger partial charge in [-0.3, -0.25) is 4.79 Å². The zero-order chi connectivity index (χ0) is 17.6. The number of likely N-dealkylation sites (tertiary alicyclic amines) is 2. The van der Waals surface area contributed by atoms with E-state index >= 15 is 0 Å². The highest BCUT2D eigenvalue weighted by Gasteiger charge is 2.31. The van der Waals surface area contributed by atoms with E-state index < -0.39 is 6.10 Å². The number of aryl methyl sites for hydroxylation is 1. The van der Waals surface area contributed by atoms with Crippen LogP contribution in [0.4, 0.5) is 0 Å². The molecule has 3 rings (SSSR count). The summed E-state index contributed by atoms with van der Waals surface area (Å²) < 4.78 is 5.70. The third-order valence-corrected chi connectivity index (χ3v) is 5.35. The van der Waals surface area contributed by atoms with Crippen LogP contribution in [0.15, 0.2) is 24.3 Å². The van der Waals surface area contributed by atoms with Gasteiger partial charge in [0.2, 0.25) is 5.91 Å². The van der Waals surface area contributed by atoms with E-state index in [9.17, 15) is 9.90 Å². The number of nitrogens with zero attached hydrogens (tertiary/aromatic N) is 2. The summed E-state index contributed by atoms with van der Waals surface area (Å²) in [5, 5.41) is 10.3. The van der Waals surface area contributed by atoms with Gasteiger partial charge < -0.3 is 19.6 Å². The van der Waals surface area contributed by atoms with Crippen molar-refractivity contribution in [3.63, 3.8) is 0 Å². The predicted molar refractivity (Wildman–Crippen MR) is 97.7 cm³/mol. The zero-order valence-electron chi connectivity index (χ0n) is 15.2. The molecule has 1 aromatic carbocycles. The van der Waals surface area contributed by atoms with Gasteiger partial charge in [0.15, 0.2) is 0 Å². The lowest BCUT2D eigenvalue weighted by atomic mass is 10.0. The van der Waals surface area contributed by atoms with E-state index in [-0.39, 0.29) is 0 Å². The maximum Gasteiger partial charge on any atom is 0.222 e. The summed E-state index contributed by atoms with van der Waals surface area (Å²) >= 11 is 0. The van der Waals surface area contributed by atoms with Crippen LogP contribution < -0.4 is 4.74 Å². The maximum atomic E-state index is 11.8. The first-order valence-corrected chi connectivity index (χ1v) is 9.57. The molecule has 0 spiro atoms. The topological polar surface area (TPSA) is 53.0 Å². The number of hydrogen-bond acceptors (Lipinski definition) is 4. The van der Waals surface area contributed by atoms with Crippen molar-refractivity contribution in [2.75, 3.05) is 32.8 Å². The first-order chi connectivity index (χ1) is 12.2. The summed E-state index contributed by atoms with van der Waals surface area (Å²) in [7, 11) is 0. The van der Waals surface area contributed by atoms with Gasteiger partial charge >= 0.3 is 0 Å². The molecule has 1 atom stereocenters. The number of ether oxygens (including phenoxy) is 1. The van der Waals surface area contributed by atoms with Crippen LogP contribution in [-0.4, -0.2) is 65.7 Å². The quantitative estimate of drug-likeness (QED) is 0.821. The van der Waals surface area contributed by atoms with Crippen molar-refractivity contribution in [2.45, 2.75) is 51.2 Å². The summed E-state index contributed by atoms with van der Waals surface area (Å²) in [6.07, 6.45) is 4.28. The molecule has 5 nitrogen and oxygen atoms in total. The van der Waals surface area contributed by atoms with E-state index in [0.29, 0.717) is 25.1 Å². The van der Waals surface area contributed by atoms with E-state index in [0.717, 1.165) is 57.5 Å². The molecule has 2 heterocycles. The minimum Gasteiger partial charge on any atom is -0.491 e. The van der Waals surface area contributed by atoms with Crippen molar-refractivity contribution >= 4 is 5.91 Å². The number of piperidine rings is 1. The molecule has 138 valence electrons. The smallest absolute Gasteiger partial charge is 0.222 e. The first kappa shape index (κ1) is 18.2. The highest BCUT2D eigenvalue weighted by atomic mass is 16.5. The van der Waals surface area contributed by atoms with Crippen LogP contribution in [0.3, 0.4) is 0 Å². The molecular weight excluding hydrogens is 316 g/mol. The summed E-state index contributed by atoms with van der Waals surface area (Å²) in [6, 6.07) is 8.45. The molecule has 25 heavy (non-hydrogen) atoms. The second-order valence-corrected chi connectivity index (χ2v) is 7.18. The minimum absolute atomic E-state index is 0.315. The van der Waals surface area contributed by atoms with Gasteiger partial charge in [-0.2, -0.15) is 0 Å². The first-order valence-electron chi connectivity index (χ1n) is 9.57. The Morgan fingerprint density at radius 1 is 1.20 bits per heavy atom. The lowest BCUT2D eigenvalue weighted by molar-refractivity contribution is -0.130. The highest BCUT2D eigenvalue weighted by molar-refractivity contribution is 5.78. The Morgan fingerprint density at radius 3 is 2.52 bits per heavy atom. The van der Waals surface area contributed by atoms with Crippen molar-refractivity contribution in [2.24, 2.45) is 0 Å². The van der Waals surface area contributed by atoms with Gasteiger partial charge in [0.25, 0.3) is 0 Å². The molecular formula is C20H30N2O3. The fourth-order valence-corrected chi connectivity index (χ4v) is 3.83. The van der Waals surface area contributed by atoms with Gasteiger partial charge in [-0.05, 0) is 43.4 Å². The average Bonchev–Trinajstić information content (AvgIpc) is 3.07. The van der Waals surface area contributed by atoms with Crippen LogP contribution >= 0.6 is 0 Å². The van der Waals surface area contributed by atoms with Crippen molar-refractivity contribution in [1.29, 1.82) is 0 Å². The molecule has 1 aromatic rings.